The van der Waals surface area contributed by atoms with Crippen LogP contribution in [-0.4, -0.2) is 23.8 Å². The molecule has 1 aromatic rings. The molecule has 1 aliphatic rings. The average Bonchev–Trinajstić information content (AvgIpc) is 2.32. The van der Waals surface area contributed by atoms with Gasteiger partial charge in [-0.1, -0.05) is 18.2 Å². The second-order valence-electron chi connectivity index (χ2n) is 4.97. The quantitative estimate of drug-likeness (QED) is 0.837. The van der Waals surface area contributed by atoms with E-state index in [0.717, 1.165) is 6.29 Å². The highest BCUT2D eigenvalue weighted by atomic mass is 16.7. The Labute approximate surface area is 107 Å². The van der Waals surface area contributed by atoms with Crippen LogP contribution in [0, 0.1) is 5.92 Å². The normalized spacial score (nSPS) is 26.8. The molecule has 0 spiro atoms. The van der Waals surface area contributed by atoms with Gasteiger partial charge in [-0.25, -0.2) is 0 Å². The number of carbonyl (C=O) groups excluding carboxylic acids is 1. The first-order valence-corrected chi connectivity index (χ1v) is 6.07. The number of carbonyl (C=O) groups is 1. The largest absolute Gasteiger partial charge is 0.508 e. The lowest BCUT2D eigenvalue weighted by atomic mass is 9.91. The van der Waals surface area contributed by atoms with Gasteiger partial charge in [-0.2, -0.15) is 0 Å². The molecule has 2 atom stereocenters. The van der Waals surface area contributed by atoms with Crippen molar-refractivity contribution in [3.8, 4) is 5.75 Å². The second kappa shape index (κ2) is 5.08. The topological polar surface area (TPSA) is 55.8 Å². The number of hydrogen-bond acceptors (Lipinski definition) is 4. The van der Waals surface area contributed by atoms with Crippen LogP contribution in [0.25, 0.3) is 0 Å². The molecule has 18 heavy (non-hydrogen) atoms. The van der Waals surface area contributed by atoms with Crippen molar-refractivity contribution in [2.75, 3.05) is 6.61 Å². The van der Waals surface area contributed by atoms with Crippen LogP contribution in [-0.2, 0) is 14.3 Å². The summed E-state index contributed by atoms with van der Waals surface area (Å²) in [7, 11) is 0. The van der Waals surface area contributed by atoms with E-state index < -0.39 is 5.79 Å². The van der Waals surface area contributed by atoms with Crippen molar-refractivity contribution in [2.45, 2.75) is 32.2 Å². The third kappa shape index (κ3) is 2.71. The summed E-state index contributed by atoms with van der Waals surface area (Å²) in [6.45, 7) is 4.11. The SMILES string of the molecule is CC1(C)OC[C@@H](CC=O)C(c2ccccc2O)O1. The number of benzene rings is 1. The predicted octanol–water partition coefficient (Wildman–Crippen LogP) is 2.42. The van der Waals surface area contributed by atoms with Crippen LogP contribution in [0.3, 0.4) is 0 Å². The highest BCUT2D eigenvalue weighted by Crippen LogP contribution is 2.40. The number of para-hydroxylation sites is 1. The van der Waals surface area contributed by atoms with Crippen molar-refractivity contribution in [3.63, 3.8) is 0 Å². The molecule has 98 valence electrons. The van der Waals surface area contributed by atoms with Crippen LogP contribution in [0.5, 0.6) is 5.75 Å². The van der Waals surface area contributed by atoms with Gasteiger partial charge < -0.3 is 19.4 Å². The summed E-state index contributed by atoms with van der Waals surface area (Å²) in [5, 5.41) is 9.91. The van der Waals surface area contributed by atoms with E-state index in [1.165, 1.54) is 0 Å². The maximum atomic E-state index is 10.7. The van der Waals surface area contributed by atoms with E-state index in [9.17, 15) is 9.90 Å². The lowest BCUT2D eigenvalue weighted by Gasteiger charge is -2.41. The number of phenols is 1. The molecule has 0 bridgehead atoms. The molecule has 0 aliphatic carbocycles. The lowest BCUT2D eigenvalue weighted by molar-refractivity contribution is -0.295. The highest BCUT2D eigenvalue weighted by Gasteiger charge is 2.38. The Hall–Kier alpha value is -1.39. The molecule has 2 rings (SSSR count). The zero-order valence-corrected chi connectivity index (χ0v) is 10.6. The minimum atomic E-state index is -0.702. The van der Waals surface area contributed by atoms with Gasteiger partial charge in [-0.05, 0) is 19.9 Å². The molecule has 1 aliphatic heterocycles. The van der Waals surface area contributed by atoms with Gasteiger partial charge in [0.1, 0.15) is 12.0 Å². The number of aldehydes is 1. The summed E-state index contributed by atoms with van der Waals surface area (Å²) < 4.78 is 11.4. The van der Waals surface area contributed by atoms with E-state index in [-0.39, 0.29) is 17.8 Å². The van der Waals surface area contributed by atoms with Gasteiger partial charge in [-0.15, -0.1) is 0 Å². The predicted molar refractivity (Wildman–Crippen MR) is 66.1 cm³/mol. The number of aromatic hydroxyl groups is 1. The number of ether oxygens (including phenoxy) is 2. The Kier molecular flexibility index (Phi) is 3.68. The maximum absolute atomic E-state index is 10.7. The van der Waals surface area contributed by atoms with Crippen molar-refractivity contribution >= 4 is 6.29 Å². The van der Waals surface area contributed by atoms with Gasteiger partial charge in [-0.3, -0.25) is 0 Å². The number of phenolic OH excluding ortho intramolecular Hbond substituents is 1. The van der Waals surface area contributed by atoms with E-state index >= 15 is 0 Å². The zero-order valence-electron chi connectivity index (χ0n) is 10.6. The van der Waals surface area contributed by atoms with Crippen molar-refractivity contribution < 1.29 is 19.4 Å². The third-order valence-corrected chi connectivity index (χ3v) is 3.13. The molecule has 4 nitrogen and oxygen atoms in total. The fourth-order valence-electron chi connectivity index (χ4n) is 2.19. The molecule has 1 saturated heterocycles. The molecule has 0 aromatic heterocycles. The minimum Gasteiger partial charge on any atom is -0.508 e. The smallest absolute Gasteiger partial charge is 0.163 e. The Bertz CT molecular complexity index is 428. The Morgan fingerprint density at radius 2 is 2.17 bits per heavy atom. The van der Waals surface area contributed by atoms with Crippen molar-refractivity contribution in [2.24, 2.45) is 5.92 Å². The van der Waals surface area contributed by atoms with E-state index in [4.69, 9.17) is 9.47 Å². The Morgan fingerprint density at radius 3 is 2.83 bits per heavy atom. The lowest BCUT2D eigenvalue weighted by Crippen LogP contribution is -2.41. The molecule has 1 N–H and O–H groups in total. The Balaban J connectivity index is 2.30. The van der Waals surface area contributed by atoms with E-state index in [1.807, 2.05) is 26.0 Å². The summed E-state index contributed by atoms with van der Waals surface area (Å²) in [6.07, 6.45) is 0.901. The van der Waals surface area contributed by atoms with Gasteiger partial charge in [0.2, 0.25) is 0 Å². The van der Waals surface area contributed by atoms with Crippen LogP contribution in [0.2, 0.25) is 0 Å². The van der Waals surface area contributed by atoms with Crippen molar-refractivity contribution in [3.05, 3.63) is 29.8 Å². The second-order valence-corrected chi connectivity index (χ2v) is 4.97. The van der Waals surface area contributed by atoms with E-state index in [0.29, 0.717) is 18.6 Å². The van der Waals surface area contributed by atoms with E-state index in [1.54, 1.807) is 12.1 Å². The summed E-state index contributed by atoms with van der Waals surface area (Å²) >= 11 is 0. The van der Waals surface area contributed by atoms with Crippen molar-refractivity contribution in [1.29, 1.82) is 0 Å². The maximum Gasteiger partial charge on any atom is 0.163 e. The molecule has 1 aromatic carbocycles. The van der Waals surface area contributed by atoms with Gasteiger partial charge >= 0.3 is 0 Å². The van der Waals surface area contributed by atoms with E-state index in [2.05, 4.69) is 0 Å². The monoisotopic (exact) mass is 250 g/mol. The molecule has 0 amide bonds. The van der Waals surface area contributed by atoms with Gasteiger partial charge in [0, 0.05) is 17.9 Å². The third-order valence-electron chi connectivity index (χ3n) is 3.13. The summed E-state index contributed by atoms with van der Waals surface area (Å²) in [4.78, 5) is 10.7. The molecular weight excluding hydrogens is 232 g/mol. The number of hydrogen-bond donors (Lipinski definition) is 1. The summed E-state index contributed by atoms with van der Waals surface area (Å²) in [5.74, 6) is -0.577. The first-order valence-electron chi connectivity index (χ1n) is 6.07. The fraction of sp³-hybridized carbons (Fsp3) is 0.500. The molecule has 0 saturated carbocycles. The molecule has 1 unspecified atom stereocenters. The van der Waals surface area contributed by atoms with Crippen molar-refractivity contribution in [1.82, 2.24) is 0 Å². The molecule has 1 fully saturated rings. The molecular formula is C14H18O4. The van der Waals surface area contributed by atoms with Crippen LogP contribution in [0.15, 0.2) is 24.3 Å². The van der Waals surface area contributed by atoms with Gasteiger partial charge in [0.15, 0.2) is 5.79 Å². The van der Waals surface area contributed by atoms with Gasteiger partial charge in [0.25, 0.3) is 0 Å². The molecule has 1 heterocycles. The molecule has 0 radical (unpaired) electrons. The standard InChI is InChI=1S/C14H18O4/c1-14(2)17-9-10(7-8-15)13(18-14)11-5-3-4-6-12(11)16/h3-6,8,10,13,16H,7,9H2,1-2H3/t10-,13?/m1/s1. The fourth-order valence-corrected chi connectivity index (χ4v) is 2.19. The Morgan fingerprint density at radius 1 is 1.44 bits per heavy atom. The number of rotatable bonds is 3. The highest BCUT2D eigenvalue weighted by molar-refractivity contribution is 5.50. The average molecular weight is 250 g/mol. The minimum absolute atomic E-state index is 0.0659. The van der Waals surface area contributed by atoms with Crippen LogP contribution < -0.4 is 0 Å². The molecule has 4 heteroatoms. The van der Waals surface area contributed by atoms with Crippen LogP contribution >= 0.6 is 0 Å². The van der Waals surface area contributed by atoms with Gasteiger partial charge in [0.05, 0.1) is 12.7 Å². The first-order chi connectivity index (χ1) is 8.53. The summed E-state index contributed by atoms with van der Waals surface area (Å²) in [6, 6.07) is 7.05. The van der Waals surface area contributed by atoms with Crippen LogP contribution in [0.1, 0.15) is 31.9 Å². The van der Waals surface area contributed by atoms with Crippen LogP contribution in [0.4, 0.5) is 0 Å². The first kappa shape index (κ1) is 13.1. The summed E-state index contributed by atoms with van der Waals surface area (Å²) in [5.41, 5.74) is 0.709. The zero-order chi connectivity index (χ0) is 13.2.